The van der Waals surface area contributed by atoms with Crippen LogP contribution in [-0.4, -0.2) is 66.9 Å². The molecule has 0 N–H and O–H groups in total. The first-order valence-corrected chi connectivity index (χ1v) is 9.40. The quantitative estimate of drug-likeness (QED) is 0.509. The molecule has 1 fully saturated rings. The molecule has 9 heteroatoms. The van der Waals surface area contributed by atoms with E-state index in [1.807, 2.05) is 0 Å². The maximum Gasteiger partial charge on any atom is 0.420 e. The van der Waals surface area contributed by atoms with E-state index in [1.54, 1.807) is 41.5 Å². The molecule has 1 rings (SSSR count). The van der Waals surface area contributed by atoms with E-state index >= 15 is 0 Å². The van der Waals surface area contributed by atoms with E-state index in [0.717, 1.165) is 20.0 Å². The Balaban J connectivity index is 3.07. The Labute approximate surface area is 166 Å². The van der Waals surface area contributed by atoms with Crippen molar-refractivity contribution in [2.24, 2.45) is 0 Å². The summed E-state index contributed by atoms with van der Waals surface area (Å²) in [5.74, 6) is -0.826. The van der Waals surface area contributed by atoms with Crippen LogP contribution in [0.25, 0.3) is 0 Å². The molecule has 0 aromatic carbocycles. The predicted molar refractivity (Wildman–Crippen MR) is 99.7 cm³/mol. The number of hydrogen-bond acceptors (Lipinski definition) is 8. The number of carbonyl (C=O) groups is 3. The standard InChI is InChI=1S/C19H33NO8/c1-18(2,3)27-16(22)20(17(23)28-19(4,5)6)13(15(21)24-7)12-26-14-10-8-9-11-25-14/h13-14H,8-12H2,1-7H3/t13-,14?/m0/s1. The summed E-state index contributed by atoms with van der Waals surface area (Å²) in [6, 6.07) is -1.37. The number of imide groups is 1. The number of amides is 2. The fraction of sp³-hybridized carbons (Fsp3) is 0.842. The maximum absolute atomic E-state index is 12.7. The van der Waals surface area contributed by atoms with Crippen molar-refractivity contribution in [3.8, 4) is 0 Å². The van der Waals surface area contributed by atoms with Gasteiger partial charge in [-0.15, -0.1) is 0 Å². The highest BCUT2D eigenvalue weighted by Crippen LogP contribution is 2.20. The highest BCUT2D eigenvalue weighted by atomic mass is 16.7. The molecular weight excluding hydrogens is 370 g/mol. The molecule has 2 atom stereocenters. The lowest BCUT2D eigenvalue weighted by Gasteiger charge is -2.33. The summed E-state index contributed by atoms with van der Waals surface area (Å²) >= 11 is 0. The third-order valence-electron chi connectivity index (χ3n) is 3.54. The summed E-state index contributed by atoms with van der Waals surface area (Å²) in [5.41, 5.74) is -1.77. The Morgan fingerprint density at radius 2 is 1.54 bits per heavy atom. The smallest absolute Gasteiger partial charge is 0.420 e. The molecule has 0 bridgehead atoms. The Bertz CT molecular complexity index is 515. The van der Waals surface area contributed by atoms with E-state index in [4.69, 9.17) is 23.7 Å². The van der Waals surface area contributed by atoms with Crippen LogP contribution in [0.3, 0.4) is 0 Å². The maximum atomic E-state index is 12.7. The molecule has 162 valence electrons. The zero-order valence-corrected chi connectivity index (χ0v) is 17.9. The number of rotatable bonds is 5. The number of esters is 1. The van der Waals surface area contributed by atoms with Crippen LogP contribution in [0, 0.1) is 0 Å². The predicted octanol–water partition coefficient (Wildman–Crippen LogP) is 3.24. The fourth-order valence-corrected chi connectivity index (χ4v) is 2.38. The second kappa shape index (κ2) is 10.1. The molecule has 0 spiro atoms. The lowest BCUT2D eigenvalue weighted by Crippen LogP contribution is -2.54. The van der Waals surface area contributed by atoms with Gasteiger partial charge in [0.2, 0.25) is 0 Å². The van der Waals surface area contributed by atoms with Crippen molar-refractivity contribution in [3.63, 3.8) is 0 Å². The normalized spacial score (nSPS) is 18.8. The molecule has 28 heavy (non-hydrogen) atoms. The molecular formula is C19H33NO8. The minimum absolute atomic E-state index is 0.296. The van der Waals surface area contributed by atoms with E-state index in [2.05, 4.69) is 0 Å². The minimum Gasteiger partial charge on any atom is -0.467 e. The van der Waals surface area contributed by atoms with E-state index in [9.17, 15) is 14.4 Å². The Morgan fingerprint density at radius 3 is 1.93 bits per heavy atom. The Morgan fingerprint density at radius 1 is 1.00 bits per heavy atom. The number of nitrogens with zero attached hydrogens (tertiary/aromatic N) is 1. The third kappa shape index (κ3) is 8.43. The van der Waals surface area contributed by atoms with Crippen molar-refractivity contribution < 1.29 is 38.1 Å². The molecule has 0 radical (unpaired) electrons. The number of carbonyl (C=O) groups excluding carboxylic acids is 3. The van der Waals surface area contributed by atoms with Gasteiger partial charge in [-0.2, -0.15) is 4.90 Å². The molecule has 2 amide bonds. The van der Waals surface area contributed by atoms with Crippen LogP contribution in [-0.2, 0) is 28.5 Å². The number of hydrogen-bond donors (Lipinski definition) is 0. The fourth-order valence-electron chi connectivity index (χ4n) is 2.38. The molecule has 1 unspecified atom stereocenters. The number of ether oxygens (including phenoxy) is 5. The van der Waals surface area contributed by atoms with Gasteiger partial charge in [-0.3, -0.25) is 0 Å². The Hall–Kier alpha value is -1.87. The van der Waals surface area contributed by atoms with Crippen LogP contribution < -0.4 is 0 Å². The first kappa shape index (κ1) is 24.2. The second-order valence-electron chi connectivity index (χ2n) is 8.50. The van der Waals surface area contributed by atoms with Crippen molar-refractivity contribution in [2.45, 2.75) is 84.3 Å². The molecule has 0 aromatic heterocycles. The van der Waals surface area contributed by atoms with Gasteiger partial charge < -0.3 is 23.7 Å². The minimum atomic E-state index is -1.37. The summed E-state index contributed by atoms with van der Waals surface area (Å²) in [7, 11) is 1.16. The SMILES string of the molecule is COC(=O)[C@H](COC1CCCCO1)N(C(=O)OC(C)(C)C)C(=O)OC(C)(C)C. The van der Waals surface area contributed by atoms with Crippen molar-refractivity contribution in [2.75, 3.05) is 20.3 Å². The first-order chi connectivity index (χ1) is 12.8. The Kier molecular flexibility index (Phi) is 8.69. The summed E-state index contributed by atoms with van der Waals surface area (Å²) in [6.07, 6.45) is -0.0413. The van der Waals surface area contributed by atoms with E-state index in [-0.39, 0.29) is 6.61 Å². The zero-order chi connectivity index (χ0) is 21.5. The average Bonchev–Trinajstić information content (AvgIpc) is 2.55. The summed E-state index contributed by atoms with van der Waals surface area (Å²) in [4.78, 5) is 38.4. The number of methoxy groups -OCH3 is 1. The van der Waals surface area contributed by atoms with Gasteiger partial charge in [-0.1, -0.05) is 0 Å². The zero-order valence-electron chi connectivity index (χ0n) is 17.9. The van der Waals surface area contributed by atoms with Gasteiger partial charge in [0.05, 0.1) is 13.7 Å². The monoisotopic (exact) mass is 403 g/mol. The van der Waals surface area contributed by atoms with Gasteiger partial charge in [0.1, 0.15) is 11.2 Å². The van der Waals surface area contributed by atoms with E-state index < -0.39 is 41.7 Å². The lowest BCUT2D eigenvalue weighted by molar-refractivity contribution is -0.177. The third-order valence-corrected chi connectivity index (χ3v) is 3.54. The molecule has 1 aliphatic rings. The van der Waals surface area contributed by atoms with E-state index in [1.165, 1.54) is 0 Å². The average molecular weight is 403 g/mol. The highest BCUT2D eigenvalue weighted by Gasteiger charge is 2.41. The van der Waals surface area contributed by atoms with Crippen molar-refractivity contribution >= 4 is 18.2 Å². The summed E-state index contributed by atoms with van der Waals surface area (Å²) < 4.78 is 26.5. The molecule has 1 heterocycles. The van der Waals surface area contributed by atoms with E-state index in [0.29, 0.717) is 17.9 Å². The van der Waals surface area contributed by atoms with Crippen LogP contribution in [0.15, 0.2) is 0 Å². The van der Waals surface area contributed by atoms with Gasteiger partial charge >= 0.3 is 18.2 Å². The molecule has 0 saturated carbocycles. The van der Waals surface area contributed by atoms with Gasteiger partial charge in [0, 0.05) is 6.61 Å². The second-order valence-corrected chi connectivity index (χ2v) is 8.50. The van der Waals surface area contributed by atoms with Crippen LogP contribution >= 0.6 is 0 Å². The van der Waals surface area contributed by atoms with Gasteiger partial charge in [0.15, 0.2) is 12.3 Å². The van der Waals surface area contributed by atoms with Crippen molar-refractivity contribution in [3.05, 3.63) is 0 Å². The highest BCUT2D eigenvalue weighted by molar-refractivity contribution is 5.94. The lowest BCUT2D eigenvalue weighted by atomic mass is 10.2. The van der Waals surface area contributed by atoms with Crippen LogP contribution in [0.4, 0.5) is 9.59 Å². The van der Waals surface area contributed by atoms with Crippen LogP contribution in [0.1, 0.15) is 60.8 Å². The van der Waals surface area contributed by atoms with Crippen molar-refractivity contribution in [1.29, 1.82) is 0 Å². The molecule has 1 saturated heterocycles. The van der Waals surface area contributed by atoms with Gasteiger partial charge in [-0.05, 0) is 60.8 Å². The van der Waals surface area contributed by atoms with Crippen LogP contribution in [0.2, 0.25) is 0 Å². The summed E-state index contributed by atoms with van der Waals surface area (Å²) in [6.45, 7) is 10.2. The summed E-state index contributed by atoms with van der Waals surface area (Å²) in [5, 5.41) is 0. The largest absolute Gasteiger partial charge is 0.467 e. The van der Waals surface area contributed by atoms with Gasteiger partial charge in [0.25, 0.3) is 0 Å². The van der Waals surface area contributed by atoms with Crippen LogP contribution in [0.5, 0.6) is 0 Å². The molecule has 9 nitrogen and oxygen atoms in total. The van der Waals surface area contributed by atoms with Gasteiger partial charge in [-0.25, -0.2) is 14.4 Å². The molecule has 0 aliphatic carbocycles. The topological polar surface area (TPSA) is 101 Å². The molecule has 1 aliphatic heterocycles. The van der Waals surface area contributed by atoms with Crippen molar-refractivity contribution in [1.82, 2.24) is 4.90 Å². The first-order valence-electron chi connectivity index (χ1n) is 9.40. The molecule has 0 aromatic rings.